The number of likely N-dealkylation sites (tertiary alicyclic amines) is 1. The van der Waals surface area contributed by atoms with Crippen molar-refractivity contribution in [3.63, 3.8) is 0 Å². The molecule has 0 atom stereocenters. The first-order chi connectivity index (χ1) is 18.2. The summed E-state index contributed by atoms with van der Waals surface area (Å²) in [6.07, 6.45) is -0.560. The molecular weight excluding hydrogens is 539 g/mol. The van der Waals surface area contributed by atoms with Crippen LogP contribution in [0.3, 0.4) is 0 Å². The summed E-state index contributed by atoms with van der Waals surface area (Å²) in [6, 6.07) is 3.82. The minimum absolute atomic E-state index is 0.0489. The van der Waals surface area contributed by atoms with Crippen LogP contribution in [0.25, 0.3) is 0 Å². The van der Waals surface area contributed by atoms with Gasteiger partial charge >= 0.3 is 12.1 Å². The van der Waals surface area contributed by atoms with Gasteiger partial charge in [-0.05, 0) is 56.1 Å². The summed E-state index contributed by atoms with van der Waals surface area (Å²) < 4.78 is 50.2. The van der Waals surface area contributed by atoms with Crippen LogP contribution in [-0.2, 0) is 27.1 Å². The Hall–Kier alpha value is -2.64. The fraction of sp³-hybridized carbons (Fsp3) is 0.560. The van der Waals surface area contributed by atoms with E-state index in [0.29, 0.717) is 16.7 Å². The van der Waals surface area contributed by atoms with E-state index < -0.39 is 11.7 Å². The van der Waals surface area contributed by atoms with Crippen LogP contribution in [0.4, 0.5) is 24.5 Å². The molecule has 0 amide bonds. The molecule has 13 heteroatoms. The van der Waals surface area contributed by atoms with Gasteiger partial charge in [0.25, 0.3) is 0 Å². The standard InChI is InChI=1S/C25H32F3N5O3S2/c1-35-22(34)13-29-24(37)33-10-6-17(7-11-33)23-31-19(15-38-23)14-36-16-30-20-12-18(25(26,27)28)4-5-21(20)32-8-2-3-9-32/h4-5,12,15,17,30H,2-3,6-11,13-14,16H2,1H3,(H,29,37). The first kappa shape index (κ1) is 28.4. The van der Waals surface area contributed by atoms with E-state index in [1.807, 2.05) is 10.3 Å². The number of nitrogens with one attached hydrogen (secondary N) is 2. The highest BCUT2D eigenvalue weighted by molar-refractivity contribution is 7.80. The number of rotatable bonds is 9. The molecule has 0 radical (unpaired) electrons. The number of piperidine rings is 1. The molecule has 3 heterocycles. The number of hydrogen-bond donors (Lipinski definition) is 2. The molecule has 8 nitrogen and oxygen atoms in total. The van der Waals surface area contributed by atoms with Crippen LogP contribution >= 0.6 is 23.6 Å². The molecule has 0 bridgehead atoms. The number of carbonyl (C=O) groups excluding carboxylic acids is 1. The lowest BCUT2D eigenvalue weighted by atomic mass is 9.98. The van der Waals surface area contributed by atoms with Crippen molar-refractivity contribution in [2.75, 3.05) is 56.8 Å². The Kier molecular flexibility index (Phi) is 9.66. The first-order valence-corrected chi connectivity index (χ1v) is 13.8. The fourth-order valence-electron chi connectivity index (χ4n) is 4.61. The van der Waals surface area contributed by atoms with Crippen LogP contribution in [0.2, 0.25) is 0 Å². The average molecular weight is 572 g/mol. The number of ether oxygens (including phenoxy) is 2. The lowest BCUT2D eigenvalue weighted by molar-refractivity contribution is -0.139. The molecule has 0 saturated carbocycles. The molecule has 0 aliphatic carbocycles. The van der Waals surface area contributed by atoms with E-state index in [1.165, 1.54) is 13.2 Å². The third-order valence-corrected chi connectivity index (χ3v) is 8.16. The van der Waals surface area contributed by atoms with E-state index in [2.05, 4.69) is 20.3 Å². The maximum atomic E-state index is 13.3. The molecule has 1 aromatic carbocycles. The number of esters is 1. The molecule has 2 N–H and O–H groups in total. The minimum atomic E-state index is -4.40. The Morgan fingerprint density at radius 3 is 2.63 bits per heavy atom. The fourth-order valence-corrected chi connectivity index (χ4v) is 5.84. The molecular formula is C25H32F3N5O3S2. The third kappa shape index (κ3) is 7.48. The van der Waals surface area contributed by atoms with Gasteiger partial charge in [-0.2, -0.15) is 13.2 Å². The molecule has 2 aliphatic heterocycles. The molecule has 2 saturated heterocycles. The molecule has 2 aliphatic rings. The normalized spacial score (nSPS) is 16.5. The largest absolute Gasteiger partial charge is 0.468 e. The number of anilines is 2. The molecule has 38 heavy (non-hydrogen) atoms. The van der Waals surface area contributed by atoms with Gasteiger partial charge in [0.15, 0.2) is 5.11 Å². The van der Waals surface area contributed by atoms with Gasteiger partial charge in [0, 0.05) is 37.5 Å². The first-order valence-electron chi connectivity index (χ1n) is 12.6. The summed E-state index contributed by atoms with van der Waals surface area (Å²) in [5.74, 6) is -0.0449. The second-order valence-electron chi connectivity index (χ2n) is 9.27. The van der Waals surface area contributed by atoms with E-state index in [9.17, 15) is 18.0 Å². The average Bonchev–Trinajstić information content (AvgIpc) is 3.62. The molecule has 2 aromatic rings. The highest BCUT2D eigenvalue weighted by atomic mass is 32.1. The molecule has 208 valence electrons. The zero-order valence-corrected chi connectivity index (χ0v) is 22.8. The Bertz CT molecular complexity index is 1100. The Labute approximate surface area is 229 Å². The van der Waals surface area contributed by atoms with Crippen molar-refractivity contribution >= 4 is 46.0 Å². The van der Waals surface area contributed by atoms with Crippen LogP contribution in [0.1, 0.15) is 47.9 Å². The number of methoxy groups -OCH3 is 1. The number of thiazole rings is 1. The van der Waals surface area contributed by atoms with Crippen LogP contribution in [0.15, 0.2) is 23.6 Å². The number of nitrogens with zero attached hydrogens (tertiary/aromatic N) is 3. The van der Waals surface area contributed by atoms with Gasteiger partial charge in [-0.15, -0.1) is 11.3 Å². The van der Waals surface area contributed by atoms with E-state index in [1.54, 1.807) is 11.3 Å². The Balaban J connectivity index is 1.25. The number of benzene rings is 1. The number of alkyl halides is 3. The summed E-state index contributed by atoms with van der Waals surface area (Å²) in [5, 5.41) is 9.51. The lowest BCUT2D eigenvalue weighted by Crippen LogP contribution is -2.45. The predicted molar refractivity (Wildman–Crippen MR) is 144 cm³/mol. The zero-order chi connectivity index (χ0) is 27.1. The van der Waals surface area contributed by atoms with E-state index in [-0.39, 0.29) is 25.9 Å². The number of aromatic nitrogens is 1. The second kappa shape index (κ2) is 12.9. The topological polar surface area (TPSA) is 79.0 Å². The van der Waals surface area contributed by atoms with Gasteiger partial charge in [-0.1, -0.05) is 0 Å². The van der Waals surface area contributed by atoms with E-state index in [4.69, 9.17) is 21.9 Å². The number of hydrogen-bond acceptors (Lipinski definition) is 8. The van der Waals surface area contributed by atoms with Crippen LogP contribution in [-0.4, -0.2) is 67.5 Å². The summed E-state index contributed by atoms with van der Waals surface area (Å²) in [6.45, 7) is 3.58. The highest BCUT2D eigenvalue weighted by Gasteiger charge is 2.31. The van der Waals surface area contributed by atoms with Gasteiger partial charge in [-0.3, -0.25) is 4.79 Å². The lowest BCUT2D eigenvalue weighted by Gasteiger charge is -2.33. The number of thiocarbonyl (C=S) groups is 1. The summed E-state index contributed by atoms with van der Waals surface area (Å²) >= 11 is 6.96. The second-order valence-corrected chi connectivity index (χ2v) is 10.5. The van der Waals surface area contributed by atoms with Crippen molar-refractivity contribution in [1.82, 2.24) is 15.2 Å². The van der Waals surface area contributed by atoms with Gasteiger partial charge in [-0.25, -0.2) is 4.98 Å². The molecule has 0 spiro atoms. The van der Waals surface area contributed by atoms with Gasteiger partial charge in [0.1, 0.15) is 13.3 Å². The molecule has 1 aromatic heterocycles. The smallest absolute Gasteiger partial charge is 0.416 e. The van der Waals surface area contributed by atoms with Gasteiger partial charge < -0.3 is 29.9 Å². The molecule has 2 fully saturated rings. The van der Waals surface area contributed by atoms with Crippen molar-refractivity contribution in [2.45, 2.75) is 44.4 Å². The van der Waals surface area contributed by atoms with Gasteiger partial charge in [0.05, 0.1) is 41.4 Å². The SMILES string of the molecule is COC(=O)CNC(=S)N1CCC(c2nc(COCNc3cc(C(F)(F)F)ccc3N3CCCC3)cs2)CC1. The van der Waals surface area contributed by atoms with Crippen LogP contribution < -0.4 is 15.5 Å². The quantitative estimate of drug-likeness (QED) is 0.195. The maximum absolute atomic E-state index is 13.3. The van der Waals surface area contributed by atoms with E-state index >= 15 is 0 Å². The predicted octanol–water partition coefficient (Wildman–Crippen LogP) is 4.58. The summed E-state index contributed by atoms with van der Waals surface area (Å²) in [7, 11) is 1.34. The summed E-state index contributed by atoms with van der Waals surface area (Å²) in [4.78, 5) is 20.2. The van der Waals surface area contributed by atoms with Crippen LogP contribution in [0, 0.1) is 0 Å². The van der Waals surface area contributed by atoms with Crippen molar-refractivity contribution in [3.05, 3.63) is 39.8 Å². The minimum Gasteiger partial charge on any atom is -0.468 e. The Morgan fingerprint density at radius 1 is 1.21 bits per heavy atom. The number of carbonyl (C=O) groups is 1. The maximum Gasteiger partial charge on any atom is 0.416 e. The summed E-state index contributed by atoms with van der Waals surface area (Å²) in [5.41, 5.74) is 1.30. The van der Waals surface area contributed by atoms with Crippen molar-refractivity contribution < 1.29 is 27.4 Å². The third-order valence-electron chi connectivity index (χ3n) is 6.70. The zero-order valence-electron chi connectivity index (χ0n) is 21.2. The molecule has 0 unspecified atom stereocenters. The van der Waals surface area contributed by atoms with Crippen LogP contribution in [0.5, 0.6) is 0 Å². The van der Waals surface area contributed by atoms with E-state index in [0.717, 1.165) is 80.4 Å². The monoisotopic (exact) mass is 571 g/mol. The highest BCUT2D eigenvalue weighted by Crippen LogP contribution is 2.36. The molecule has 4 rings (SSSR count). The Morgan fingerprint density at radius 2 is 1.95 bits per heavy atom. The number of halogens is 3. The van der Waals surface area contributed by atoms with Crippen molar-refractivity contribution in [1.29, 1.82) is 0 Å². The van der Waals surface area contributed by atoms with Crippen molar-refractivity contribution in [3.8, 4) is 0 Å². The van der Waals surface area contributed by atoms with Gasteiger partial charge in [0.2, 0.25) is 0 Å². The van der Waals surface area contributed by atoms with Crippen molar-refractivity contribution in [2.24, 2.45) is 0 Å².